The first kappa shape index (κ1) is 10.0. The van der Waals surface area contributed by atoms with Gasteiger partial charge >= 0.3 is 0 Å². The summed E-state index contributed by atoms with van der Waals surface area (Å²) >= 11 is 3.04. The fourth-order valence-corrected chi connectivity index (χ4v) is 1.45. The largest absolute Gasteiger partial charge is 0.494 e. The molecule has 0 radical (unpaired) electrons. The predicted molar refractivity (Wildman–Crippen MR) is 50.0 cm³/mol. The van der Waals surface area contributed by atoms with Gasteiger partial charge < -0.3 is 4.74 Å². The van der Waals surface area contributed by atoms with Crippen molar-refractivity contribution in [1.82, 2.24) is 0 Å². The van der Waals surface area contributed by atoms with Crippen molar-refractivity contribution in [2.45, 2.75) is 6.42 Å². The zero-order valence-electron chi connectivity index (χ0n) is 6.97. The lowest BCUT2D eigenvalue weighted by Gasteiger charge is -2.05. The molecule has 0 saturated carbocycles. The molecule has 0 fully saturated rings. The van der Waals surface area contributed by atoms with E-state index < -0.39 is 5.82 Å². The van der Waals surface area contributed by atoms with Gasteiger partial charge in [0.25, 0.3) is 0 Å². The Kier molecular flexibility index (Phi) is 3.26. The molecule has 13 heavy (non-hydrogen) atoms. The summed E-state index contributed by atoms with van der Waals surface area (Å²) in [5.41, 5.74) is 0.729. The minimum atomic E-state index is -0.441. The van der Waals surface area contributed by atoms with Crippen molar-refractivity contribution in [2.24, 2.45) is 0 Å². The minimum absolute atomic E-state index is 0.152. The molecule has 4 heteroatoms. The summed E-state index contributed by atoms with van der Waals surface area (Å²) in [4.78, 5) is 0. The molecule has 68 valence electrons. The number of rotatable bonds is 2. The van der Waals surface area contributed by atoms with Gasteiger partial charge in [-0.1, -0.05) is 0 Å². The third-order valence-corrected chi connectivity index (χ3v) is 2.13. The van der Waals surface area contributed by atoms with Gasteiger partial charge in [-0.15, -0.1) is 0 Å². The molecule has 0 unspecified atom stereocenters. The monoisotopic (exact) mass is 243 g/mol. The van der Waals surface area contributed by atoms with Gasteiger partial charge in [0.1, 0.15) is 0 Å². The van der Waals surface area contributed by atoms with Crippen LogP contribution in [0.4, 0.5) is 4.39 Å². The van der Waals surface area contributed by atoms with E-state index >= 15 is 0 Å². The molecule has 0 spiro atoms. The number of ether oxygens (including phenoxy) is 1. The van der Waals surface area contributed by atoms with Gasteiger partial charge in [-0.2, -0.15) is 5.26 Å². The van der Waals surface area contributed by atoms with Crippen LogP contribution in [0.2, 0.25) is 0 Å². The van der Waals surface area contributed by atoms with Gasteiger partial charge in [-0.3, -0.25) is 0 Å². The van der Waals surface area contributed by atoms with Crippen molar-refractivity contribution in [3.05, 3.63) is 28.0 Å². The zero-order valence-corrected chi connectivity index (χ0v) is 8.56. The van der Waals surface area contributed by atoms with E-state index in [1.807, 2.05) is 6.07 Å². The molecule has 0 heterocycles. The van der Waals surface area contributed by atoms with Crippen LogP contribution in [0, 0.1) is 17.1 Å². The minimum Gasteiger partial charge on any atom is -0.494 e. The number of hydrogen-bond donors (Lipinski definition) is 0. The fourth-order valence-electron chi connectivity index (χ4n) is 0.959. The molecule has 0 aromatic heterocycles. The van der Waals surface area contributed by atoms with E-state index in [0.717, 1.165) is 5.56 Å². The Morgan fingerprint density at radius 2 is 2.31 bits per heavy atom. The van der Waals surface area contributed by atoms with Crippen molar-refractivity contribution < 1.29 is 9.13 Å². The maximum Gasteiger partial charge on any atom is 0.179 e. The first-order valence-corrected chi connectivity index (χ1v) is 4.37. The van der Waals surface area contributed by atoms with Gasteiger partial charge in [0.05, 0.1) is 24.1 Å². The lowest BCUT2D eigenvalue weighted by Crippen LogP contribution is -1.92. The van der Waals surface area contributed by atoms with Crippen LogP contribution in [0.5, 0.6) is 5.75 Å². The highest BCUT2D eigenvalue weighted by atomic mass is 79.9. The quantitative estimate of drug-likeness (QED) is 0.801. The molecule has 1 aromatic rings. The molecule has 0 bridgehead atoms. The van der Waals surface area contributed by atoms with Crippen LogP contribution in [-0.4, -0.2) is 7.11 Å². The molecule has 0 aliphatic carbocycles. The van der Waals surface area contributed by atoms with Crippen LogP contribution >= 0.6 is 15.9 Å². The highest BCUT2D eigenvalue weighted by Crippen LogP contribution is 2.26. The Bertz CT molecular complexity index is 359. The van der Waals surface area contributed by atoms with Gasteiger partial charge in [0.15, 0.2) is 11.6 Å². The molecule has 2 nitrogen and oxygen atoms in total. The number of methoxy groups -OCH3 is 1. The summed E-state index contributed by atoms with van der Waals surface area (Å²) in [7, 11) is 1.39. The lowest BCUT2D eigenvalue weighted by molar-refractivity contribution is 0.385. The SMILES string of the molecule is COc1cc(CC#N)cc(Br)c1F. The predicted octanol–water partition coefficient (Wildman–Crippen LogP) is 2.66. The number of hydrogen-bond acceptors (Lipinski definition) is 2. The Morgan fingerprint density at radius 1 is 1.62 bits per heavy atom. The molecule has 0 aliphatic heterocycles. The molecule has 1 rings (SSSR count). The molecule has 0 amide bonds. The summed E-state index contributed by atoms with van der Waals surface area (Å²) in [5.74, 6) is -0.288. The Labute approximate surface area is 84.1 Å². The van der Waals surface area contributed by atoms with Crippen molar-refractivity contribution >= 4 is 15.9 Å². The summed E-state index contributed by atoms with van der Waals surface area (Å²) in [5, 5.41) is 8.44. The second kappa shape index (κ2) is 4.24. The van der Waals surface area contributed by atoms with Crippen molar-refractivity contribution in [3.63, 3.8) is 0 Å². The van der Waals surface area contributed by atoms with E-state index in [-0.39, 0.29) is 12.2 Å². The summed E-state index contributed by atoms with van der Waals surface area (Å²) in [6, 6.07) is 5.07. The van der Waals surface area contributed by atoms with Crippen LogP contribution < -0.4 is 4.74 Å². The number of nitrogens with zero attached hydrogens (tertiary/aromatic N) is 1. The Balaban J connectivity index is 3.16. The highest BCUT2D eigenvalue weighted by Gasteiger charge is 2.08. The Hall–Kier alpha value is -1.08. The van der Waals surface area contributed by atoms with Crippen LogP contribution in [0.15, 0.2) is 16.6 Å². The van der Waals surface area contributed by atoms with Crippen molar-refractivity contribution in [2.75, 3.05) is 7.11 Å². The summed E-state index contributed by atoms with van der Waals surface area (Å²) in [6.07, 6.45) is 0.245. The van der Waals surface area contributed by atoms with Gasteiger partial charge in [-0.05, 0) is 33.6 Å². The highest BCUT2D eigenvalue weighted by molar-refractivity contribution is 9.10. The number of benzene rings is 1. The van der Waals surface area contributed by atoms with Gasteiger partial charge in [0, 0.05) is 0 Å². The third kappa shape index (κ3) is 2.19. The zero-order chi connectivity index (χ0) is 9.84. The van der Waals surface area contributed by atoms with E-state index in [1.165, 1.54) is 13.2 Å². The maximum absolute atomic E-state index is 13.2. The van der Waals surface area contributed by atoms with Crippen molar-refractivity contribution in [3.8, 4) is 11.8 Å². The second-order valence-electron chi connectivity index (χ2n) is 2.43. The van der Waals surface area contributed by atoms with Crippen LogP contribution in [0.3, 0.4) is 0 Å². The van der Waals surface area contributed by atoms with E-state index in [0.29, 0.717) is 4.47 Å². The smallest absolute Gasteiger partial charge is 0.179 e. The first-order valence-electron chi connectivity index (χ1n) is 3.58. The van der Waals surface area contributed by atoms with Crippen LogP contribution in [0.1, 0.15) is 5.56 Å². The number of nitriles is 1. The fraction of sp³-hybridized carbons (Fsp3) is 0.222. The van der Waals surface area contributed by atoms with Crippen LogP contribution in [0.25, 0.3) is 0 Å². The molecule has 1 aromatic carbocycles. The first-order chi connectivity index (χ1) is 6.19. The molecular weight excluding hydrogens is 237 g/mol. The van der Waals surface area contributed by atoms with E-state index in [4.69, 9.17) is 10.00 Å². The topological polar surface area (TPSA) is 33.0 Å². The average molecular weight is 244 g/mol. The van der Waals surface area contributed by atoms with E-state index in [2.05, 4.69) is 15.9 Å². The van der Waals surface area contributed by atoms with Crippen molar-refractivity contribution in [1.29, 1.82) is 5.26 Å². The maximum atomic E-state index is 13.2. The molecular formula is C9H7BrFNO. The van der Waals surface area contributed by atoms with E-state index in [1.54, 1.807) is 6.07 Å². The normalized spacial score (nSPS) is 9.38. The molecule has 0 aliphatic rings. The van der Waals surface area contributed by atoms with E-state index in [9.17, 15) is 4.39 Å². The molecule has 0 atom stereocenters. The van der Waals surface area contributed by atoms with Gasteiger partial charge in [0.2, 0.25) is 0 Å². The van der Waals surface area contributed by atoms with Gasteiger partial charge in [-0.25, -0.2) is 4.39 Å². The molecule has 0 N–H and O–H groups in total. The summed E-state index contributed by atoms with van der Waals surface area (Å²) < 4.78 is 18.3. The molecule has 0 saturated heterocycles. The third-order valence-electron chi connectivity index (χ3n) is 1.56. The Morgan fingerprint density at radius 3 is 2.85 bits per heavy atom. The van der Waals surface area contributed by atoms with Crippen LogP contribution in [-0.2, 0) is 6.42 Å². The lowest BCUT2D eigenvalue weighted by atomic mass is 10.1. The number of halogens is 2. The summed E-state index contributed by atoms with van der Waals surface area (Å²) in [6.45, 7) is 0. The standard InChI is InChI=1S/C9H7BrFNO/c1-13-8-5-6(2-3-12)4-7(10)9(8)11/h4-5H,2H2,1H3. The second-order valence-corrected chi connectivity index (χ2v) is 3.28. The average Bonchev–Trinajstić information content (AvgIpc) is 2.11.